The van der Waals surface area contributed by atoms with Crippen molar-refractivity contribution in [2.75, 3.05) is 6.54 Å². The Hall–Kier alpha value is -0.770. The minimum atomic E-state index is -0.00847. The van der Waals surface area contributed by atoms with Crippen LogP contribution in [0.1, 0.15) is 51.9 Å². The molecule has 4 N–H and O–H groups in total. The van der Waals surface area contributed by atoms with Crippen LogP contribution < -0.4 is 16.4 Å². The lowest BCUT2D eigenvalue weighted by Gasteiger charge is -2.56. The van der Waals surface area contributed by atoms with Gasteiger partial charge < -0.3 is 16.4 Å². The Bertz CT molecular complexity index is 320. The predicted molar refractivity (Wildman–Crippen MR) is 75.7 cm³/mol. The van der Waals surface area contributed by atoms with Crippen molar-refractivity contribution in [2.24, 2.45) is 23.5 Å². The second kappa shape index (κ2) is 4.97. The van der Waals surface area contributed by atoms with Crippen molar-refractivity contribution in [3.05, 3.63) is 0 Å². The molecule has 4 bridgehead atoms. The number of carbonyl (C=O) groups excluding carboxylic acids is 1. The van der Waals surface area contributed by atoms with E-state index >= 15 is 0 Å². The highest BCUT2D eigenvalue weighted by Crippen LogP contribution is 2.55. The second-order valence-electron chi connectivity index (χ2n) is 7.20. The number of nitrogens with two attached hydrogens (primary N) is 1. The van der Waals surface area contributed by atoms with Gasteiger partial charge in [-0.15, -0.1) is 0 Å². The summed E-state index contributed by atoms with van der Waals surface area (Å²) in [6.45, 7) is 2.62. The van der Waals surface area contributed by atoms with Crippen LogP contribution in [0.2, 0.25) is 0 Å². The quantitative estimate of drug-likeness (QED) is 0.727. The van der Waals surface area contributed by atoms with E-state index in [1.807, 2.05) is 6.92 Å². The van der Waals surface area contributed by atoms with Crippen LogP contribution in [0.3, 0.4) is 0 Å². The maximum Gasteiger partial charge on any atom is 0.315 e. The van der Waals surface area contributed by atoms with Gasteiger partial charge in [-0.25, -0.2) is 4.79 Å². The fourth-order valence-corrected chi connectivity index (χ4v) is 4.92. The molecule has 0 spiro atoms. The summed E-state index contributed by atoms with van der Waals surface area (Å²) in [4.78, 5) is 12.1. The van der Waals surface area contributed by atoms with Gasteiger partial charge in [0.05, 0.1) is 0 Å². The Balaban J connectivity index is 1.56. The van der Waals surface area contributed by atoms with E-state index in [2.05, 4.69) is 10.6 Å². The summed E-state index contributed by atoms with van der Waals surface area (Å²) in [7, 11) is 0. The summed E-state index contributed by atoms with van der Waals surface area (Å²) in [5.74, 6) is 2.60. The Morgan fingerprint density at radius 3 is 2.21 bits per heavy atom. The molecule has 108 valence electrons. The van der Waals surface area contributed by atoms with Crippen molar-refractivity contribution in [1.29, 1.82) is 0 Å². The van der Waals surface area contributed by atoms with Gasteiger partial charge in [-0.2, -0.15) is 0 Å². The molecule has 4 fully saturated rings. The number of hydrogen-bond donors (Lipinski definition) is 3. The summed E-state index contributed by atoms with van der Waals surface area (Å²) < 4.78 is 0. The molecule has 0 heterocycles. The van der Waals surface area contributed by atoms with Crippen molar-refractivity contribution in [1.82, 2.24) is 10.6 Å². The molecule has 4 heteroatoms. The lowest BCUT2D eigenvalue weighted by molar-refractivity contribution is -0.0135. The molecule has 0 aromatic rings. The highest BCUT2D eigenvalue weighted by molar-refractivity contribution is 5.75. The molecule has 2 amide bonds. The number of rotatable bonds is 4. The molecule has 4 aliphatic rings. The standard InChI is InChI=1S/C15H27N3O/c1-2-13(16)9-17-14(19)18-15-6-10-3-11(7-15)5-12(4-10)8-15/h10-13H,2-9,16H2,1H3,(H2,17,18,19). The molecule has 1 unspecified atom stereocenters. The highest BCUT2D eigenvalue weighted by atomic mass is 16.2. The molecule has 1 atom stereocenters. The van der Waals surface area contributed by atoms with Gasteiger partial charge in [0.25, 0.3) is 0 Å². The first kappa shape index (κ1) is 13.2. The third kappa shape index (κ3) is 2.73. The molecule has 4 saturated carbocycles. The SMILES string of the molecule is CCC(N)CNC(=O)NC12CC3CC(CC(C3)C1)C2. The molecule has 4 aliphatic carbocycles. The van der Waals surface area contributed by atoms with Crippen LogP contribution >= 0.6 is 0 Å². The van der Waals surface area contributed by atoms with E-state index in [1.165, 1.54) is 38.5 Å². The van der Waals surface area contributed by atoms with Crippen LogP contribution in [0.25, 0.3) is 0 Å². The van der Waals surface area contributed by atoms with Gasteiger partial charge in [-0.1, -0.05) is 6.92 Å². The molecule has 0 aromatic carbocycles. The molecule has 0 aromatic heterocycles. The van der Waals surface area contributed by atoms with E-state index < -0.39 is 0 Å². The lowest BCUT2D eigenvalue weighted by atomic mass is 9.53. The van der Waals surface area contributed by atoms with Gasteiger partial charge in [0.2, 0.25) is 0 Å². The molecule has 0 saturated heterocycles. The zero-order valence-corrected chi connectivity index (χ0v) is 12.0. The smallest absolute Gasteiger partial charge is 0.315 e. The first-order valence-electron chi connectivity index (χ1n) is 7.90. The molecule has 0 aliphatic heterocycles. The van der Waals surface area contributed by atoms with Crippen LogP contribution in [0, 0.1) is 17.8 Å². The summed E-state index contributed by atoms with van der Waals surface area (Å²) >= 11 is 0. The van der Waals surface area contributed by atoms with E-state index in [0.717, 1.165) is 24.2 Å². The van der Waals surface area contributed by atoms with Crippen molar-refractivity contribution >= 4 is 6.03 Å². The monoisotopic (exact) mass is 265 g/mol. The van der Waals surface area contributed by atoms with Gasteiger partial charge in [0.15, 0.2) is 0 Å². The zero-order valence-electron chi connectivity index (χ0n) is 12.0. The van der Waals surface area contributed by atoms with Crippen molar-refractivity contribution in [3.63, 3.8) is 0 Å². The number of hydrogen-bond acceptors (Lipinski definition) is 2. The molecule has 19 heavy (non-hydrogen) atoms. The molecule has 4 nitrogen and oxygen atoms in total. The number of nitrogens with one attached hydrogen (secondary N) is 2. The largest absolute Gasteiger partial charge is 0.337 e. The van der Waals surface area contributed by atoms with Crippen molar-refractivity contribution < 1.29 is 4.79 Å². The Morgan fingerprint density at radius 2 is 1.74 bits per heavy atom. The Kier molecular flexibility index (Phi) is 3.46. The first-order valence-corrected chi connectivity index (χ1v) is 7.90. The lowest BCUT2D eigenvalue weighted by Crippen LogP contribution is -2.61. The topological polar surface area (TPSA) is 67.1 Å². The van der Waals surface area contributed by atoms with E-state index in [9.17, 15) is 4.79 Å². The normalized spacial score (nSPS) is 41.1. The minimum absolute atomic E-state index is 0.00847. The maximum absolute atomic E-state index is 12.1. The Morgan fingerprint density at radius 1 is 1.21 bits per heavy atom. The third-order valence-electron chi connectivity index (χ3n) is 5.47. The van der Waals surface area contributed by atoms with Crippen LogP contribution in [0.15, 0.2) is 0 Å². The summed E-state index contributed by atoms with van der Waals surface area (Å²) in [5, 5.41) is 6.23. The molecular formula is C15H27N3O. The number of amides is 2. The van der Waals surface area contributed by atoms with Crippen LogP contribution in [-0.4, -0.2) is 24.2 Å². The van der Waals surface area contributed by atoms with Gasteiger partial charge in [-0.3, -0.25) is 0 Å². The minimum Gasteiger partial charge on any atom is -0.337 e. The van der Waals surface area contributed by atoms with Crippen LogP contribution in [0.5, 0.6) is 0 Å². The summed E-state index contributed by atoms with van der Waals surface area (Å²) in [6, 6.07) is 0.0629. The zero-order chi connectivity index (χ0) is 13.5. The fourth-order valence-electron chi connectivity index (χ4n) is 4.92. The van der Waals surface area contributed by atoms with E-state index in [1.54, 1.807) is 0 Å². The first-order chi connectivity index (χ1) is 9.08. The highest BCUT2D eigenvalue weighted by Gasteiger charge is 2.51. The maximum atomic E-state index is 12.1. The third-order valence-corrected chi connectivity index (χ3v) is 5.47. The van der Waals surface area contributed by atoms with Gasteiger partial charge >= 0.3 is 6.03 Å². The van der Waals surface area contributed by atoms with E-state index in [4.69, 9.17) is 5.73 Å². The van der Waals surface area contributed by atoms with Gasteiger partial charge in [-0.05, 0) is 62.7 Å². The summed E-state index contributed by atoms with van der Waals surface area (Å²) in [6.07, 6.45) is 8.72. The van der Waals surface area contributed by atoms with E-state index in [-0.39, 0.29) is 17.6 Å². The number of urea groups is 1. The molecule has 4 rings (SSSR count). The van der Waals surface area contributed by atoms with Crippen LogP contribution in [-0.2, 0) is 0 Å². The fraction of sp³-hybridized carbons (Fsp3) is 0.933. The van der Waals surface area contributed by atoms with Crippen LogP contribution in [0.4, 0.5) is 4.79 Å². The van der Waals surface area contributed by atoms with Gasteiger partial charge in [0.1, 0.15) is 0 Å². The average molecular weight is 265 g/mol. The Labute approximate surface area is 115 Å². The second-order valence-corrected chi connectivity index (χ2v) is 7.20. The van der Waals surface area contributed by atoms with Crippen molar-refractivity contribution in [2.45, 2.75) is 63.5 Å². The molecular weight excluding hydrogens is 238 g/mol. The van der Waals surface area contributed by atoms with Gasteiger partial charge in [0, 0.05) is 18.1 Å². The average Bonchev–Trinajstić information content (AvgIpc) is 2.33. The summed E-state index contributed by atoms with van der Waals surface area (Å²) in [5.41, 5.74) is 5.95. The number of carbonyl (C=O) groups is 1. The van der Waals surface area contributed by atoms with Crippen molar-refractivity contribution in [3.8, 4) is 0 Å². The molecule has 0 radical (unpaired) electrons. The predicted octanol–water partition coefficient (Wildman–Crippen LogP) is 1.99. The van der Waals surface area contributed by atoms with E-state index in [0.29, 0.717) is 6.54 Å².